The fourth-order valence-electron chi connectivity index (χ4n) is 5.40. The highest BCUT2D eigenvalue weighted by Crippen LogP contribution is 2.31. The van der Waals surface area contributed by atoms with E-state index in [1.165, 1.54) is 6.42 Å². The average Bonchev–Trinajstić information content (AvgIpc) is 3.43. The molecule has 3 aromatic rings. The molecule has 0 radical (unpaired) electrons. The van der Waals surface area contributed by atoms with E-state index in [0.717, 1.165) is 48.7 Å². The topological polar surface area (TPSA) is 59.3 Å². The summed E-state index contributed by atoms with van der Waals surface area (Å²) in [5.74, 6) is 1.14. The number of likely N-dealkylation sites (N-methyl/N-ethyl adjacent to an activating group) is 1. The summed E-state index contributed by atoms with van der Waals surface area (Å²) in [5, 5.41) is 0. The van der Waals surface area contributed by atoms with Crippen LogP contribution in [0.25, 0.3) is 11.2 Å². The van der Waals surface area contributed by atoms with Crippen LogP contribution in [0.2, 0.25) is 0 Å². The lowest BCUT2D eigenvalue weighted by Gasteiger charge is -2.31. The Bertz CT molecular complexity index is 1190. The molecule has 2 bridgehead atoms. The van der Waals surface area contributed by atoms with Crippen LogP contribution >= 0.6 is 0 Å². The molecule has 0 spiro atoms. The number of aryl methyl sites for hydroxylation is 1. The molecule has 2 aliphatic rings. The maximum absolute atomic E-state index is 15.3. The molecule has 2 aliphatic heterocycles. The first kappa shape index (κ1) is 23.2. The van der Waals surface area contributed by atoms with Crippen molar-refractivity contribution in [2.24, 2.45) is 5.92 Å². The summed E-state index contributed by atoms with van der Waals surface area (Å²) in [4.78, 5) is 18.8. The second-order valence-electron chi connectivity index (χ2n) is 10.2. The Balaban J connectivity index is 1.42. The number of fused-ring (bicyclic) bond motifs is 3. The van der Waals surface area contributed by atoms with Gasteiger partial charge in [0.15, 0.2) is 5.65 Å². The van der Waals surface area contributed by atoms with Crippen LogP contribution < -0.4 is 4.74 Å². The van der Waals surface area contributed by atoms with E-state index in [-0.39, 0.29) is 5.82 Å². The number of aromatic nitrogens is 4. The normalized spacial score (nSPS) is 20.8. The molecule has 0 unspecified atom stereocenters. The van der Waals surface area contributed by atoms with Crippen LogP contribution in [0.5, 0.6) is 6.01 Å². The van der Waals surface area contributed by atoms with Crippen molar-refractivity contribution in [3.63, 3.8) is 0 Å². The van der Waals surface area contributed by atoms with Crippen molar-refractivity contribution in [1.82, 2.24) is 29.3 Å². The van der Waals surface area contributed by atoms with Gasteiger partial charge < -0.3 is 14.2 Å². The molecule has 1 aromatic carbocycles. The van der Waals surface area contributed by atoms with Crippen LogP contribution in [0.1, 0.15) is 49.8 Å². The van der Waals surface area contributed by atoms with Gasteiger partial charge in [0, 0.05) is 43.7 Å². The molecule has 0 aliphatic carbocycles. The van der Waals surface area contributed by atoms with Gasteiger partial charge in [-0.3, -0.25) is 4.90 Å². The summed E-state index contributed by atoms with van der Waals surface area (Å²) in [6.45, 7) is 12.0. The highest BCUT2D eigenvalue weighted by Gasteiger charge is 2.41. The molecule has 2 aromatic heterocycles. The predicted molar refractivity (Wildman–Crippen MR) is 131 cm³/mol. The summed E-state index contributed by atoms with van der Waals surface area (Å²) in [6.07, 6.45) is 2.01. The van der Waals surface area contributed by atoms with E-state index in [4.69, 9.17) is 9.72 Å². The lowest BCUT2D eigenvalue weighted by Crippen LogP contribution is -2.43. The second kappa shape index (κ2) is 9.23. The quantitative estimate of drug-likeness (QED) is 0.503. The largest absolute Gasteiger partial charge is 0.464 e. The molecule has 4 heterocycles. The molecule has 0 amide bonds. The lowest BCUT2D eigenvalue weighted by molar-refractivity contribution is 0.143. The van der Waals surface area contributed by atoms with Crippen LogP contribution in [0.15, 0.2) is 18.2 Å². The first-order chi connectivity index (χ1) is 16.3. The number of hydrogen-bond acceptors (Lipinski definition) is 6. The highest BCUT2D eigenvalue weighted by atomic mass is 19.1. The lowest BCUT2D eigenvalue weighted by atomic mass is 10.1. The van der Waals surface area contributed by atoms with Gasteiger partial charge in [-0.15, -0.1) is 0 Å². The molecule has 7 nitrogen and oxygen atoms in total. The number of ether oxygens (including phenoxy) is 1. The maximum atomic E-state index is 15.3. The molecule has 5 rings (SSSR count). The van der Waals surface area contributed by atoms with Crippen molar-refractivity contribution in [3.8, 4) is 6.01 Å². The minimum atomic E-state index is -0.174. The molecule has 2 atom stereocenters. The van der Waals surface area contributed by atoms with Crippen LogP contribution in [0.3, 0.4) is 0 Å². The second-order valence-corrected chi connectivity index (χ2v) is 10.2. The Hall–Kier alpha value is -2.58. The van der Waals surface area contributed by atoms with Gasteiger partial charge in [0.05, 0.1) is 18.8 Å². The Morgan fingerprint density at radius 2 is 1.94 bits per heavy atom. The standard InChI is InChI=1S/C26H35FN6O/c1-6-34-26-28-17(4)24-25(30-26)33(23(29-24)9-16(2)3)13-19-8-7-18(10-22(19)27)12-32-15-20-11-21(32)14-31(20)5/h7-8,10,16,20-21H,6,9,11-15H2,1-5H3/t20-,21-/m0/s1. The number of rotatable bonds is 8. The number of nitrogens with zero attached hydrogens (tertiary/aromatic N) is 6. The highest BCUT2D eigenvalue weighted by molar-refractivity contribution is 5.74. The fraction of sp³-hybridized carbons (Fsp3) is 0.577. The number of benzene rings is 1. The molecule has 182 valence electrons. The average molecular weight is 467 g/mol. The van der Waals surface area contributed by atoms with Gasteiger partial charge >= 0.3 is 6.01 Å². The van der Waals surface area contributed by atoms with E-state index < -0.39 is 0 Å². The van der Waals surface area contributed by atoms with Crippen LogP contribution in [-0.2, 0) is 19.5 Å². The zero-order chi connectivity index (χ0) is 24.0. The zero-order valence-corrected chi connectivity index (χ0v) is 20.9. The summed E-state index contributed by atoms with van der Waals surface area (Å²) < 4.78 is 22.9. The van der Waals surface area contributed by atoms with E-state index in [2.05, 4.69) is 46.7 Å². The number of hydrogen-bond donors (Lipinski definition) is 0. The molecular weight excluding hydrogens is 431 g/mol. The molecule has 2 saturated heterocycles. The molecule has 8 heteroatoms. The number of imidazole rings is 1. The molecule has 0 saturated carbocycles. The first-order valence-electron chi connectivity index (χ1n) is 12.4. The van der Waals surface area contributed by atoms with Crippen molar-refractivity contribution >= 4 is 11.2 Å². The monoisotopic (exact) mass is 466 g/mol. The zero-order valence-electron chi connectivity index (χ0n) is 20.9. The van der Waals surface area contributed by atoms with Gasteiger partial charge in [-0.1, -0.05) is 26.0 Å². The Kier molecular flexibility index (Phi) is 6.29. The third-order valence-corrected chi connectivity index (χ3v) is 7.15. The van der Waals surface area contributed by atoms with Gasteiger partial charge in [-0.2, -0.15) is 9.97 Å². The van der Waals surface area contributed by atoms with Gasteiger partial charge in [-0.05, 0) is 44.9 Å². The summed E-state index contributed by atoms with van der Waals surface area (Å²) in [7, 11) is 2.20. The SMILES string of the molecule is CCOc1nc(C)c2nc(CC(C)C)n(Cc3ccc(CN4C[C@@H]5C[C@H]4CN5C)cc3F)c2n1. The van der Waals surface area contributed by atoms with Gasteiger partial charge in [0.1, 0.15) is 17.2 Å². The van der Waals surface area contributed by atoms with Gasteiger partial charge in [-0.25, -0.2) is 9.37 Å². The number of halogens is 1. The third-order valence-electron chi connectivity index (χ3n) is 7.15. The third kappa shape index (κ3) is 4.41. The van der Waals surface area contributed by atoms with E-state index in [1.807, 2.05) is 24.5 Å². The van der Waals surface area contributed by atoms with E-state index in [1.54, 1.807) is 6.07 Å². The molecular formula is C26H35FN6O. The predicted octanol–water partition coefficient (Wildman–Crippen LogP) is 3.81. The van der Waals surface area contributed by atoms with Crippen molar-refractivity contribution < 1.29 is 9.13 Å². The summed E-state index contributed by atoms with van der Waals surface area (Å²) in [5.41, 5.74) is 3.91. The number of likely N-dealkylation sites (tertiary alicyclic amines) is 2. The van der Waals surface area contributed by atoms with Crippen molar-refractivity contribution in [3.05, 3.63) is 46.7 Å². The molecule has 2 fully saturated rings. The Morgan fingerprint density at radius 3 is 2.59 bits per heavy atom. The number of piperazine rings is 1. The minimum absolute atomic E-state index is 0.174. The van der Waals surface area contributed by atoms with Crippen molar-refractivity contribution in [2.75, 3.05) is 26.7 Å². The molecule has 34 heavy (non-hydrogen) atoms. The van der Waals surface area contributed by atoms with Crippen LogP contribution in [0.4, 0.5) is 4.39 Å². The van der Waals surface area contributed by atoms with Gasteiger partial charge in [0.2, 0.25) is 0 Å². The van der Waals surface area contributed by atoms with Crippen molar-refractivity contribution in [2.45, 2.75) is 65.7 Å². The minimum Gasteiger partial charge on any atom is -0.464 e. The van der Waals surface area contributed by atoms with Gasteiger partial charge in [0.25, 0.3) is 0 Å². The van der Waals surface area contributed by atoms with E-state index in [9.17, 15) is 0 Å². The van der Waals surface area contributed by atoms with Crippen LogP contribution in [-0.4, -0.2) is 68.1 Å². The smallest absolute Gasteiger partial charge is 0.318 e. The van der Waals surface area contributed by atoms with Crippen molar-refractivity contribution in [1.29, 1.82) is 0 Å². The Morgan fingerprint density at radius 1 is 1.12 bits per heavy atom. The maximum Gasteiger partial charge on any atom is 0.318 e. The first-order valence-corrected chi connectivity index (χ1v) is 12.4. The molecule has 0 N–H and O–H groups in total. The fourth-order valence-corrected chi connectivity index (χ4v) is 5.40. The summed E-state index contributed by atoms with van der Waals surface area (Å²) in [6, 6.07) is 7.28. The van der Waals surface area contributed by atoms with E-state index in [0.29, 0.717) is 48.4 Å². The summed E-state index contributed by atoms with van der Waals surface area (Å²) >= 11 is 0. The van der Waals surface area contributed by atoms with E-state index >= 15 is 4.39 Å². The Labute approximate surface area is 201 Å². The van der Waals surface area contributed by atoms with Crippen LogP contribution in [0, 0.1) is 18.7 Å².